The number of aryl methyl sites for hydroxylation is 1. The van der Waals surface area contributed by atoms with Crippen LogP contribution in [-0.4, -0.2) is 35.4 Å². The number of aromatic nitrogens is 1. The van der Waals surface area contributed by atoms with Gasteiger partial charge in [-0.2, -0.15) is 0 Å². The molecule has 0 spiro atoms. The Morgan fingerprint density at radius 2 is 2.19 bits per heavy atom. The molecule has 2 aromatic rings. The Bertz CT molecular complexity index is 977. The van der Waals surface area contributed by atoms with Gasteiger partial charge in [0.05, 0.1) is 16.2 Å². The minimum atomic E-state index is -0.741. The molecule has 2 heterocycles. The zero-order chi connectivity index (χ0) is 22.6. The first kappa shape index (κ1) is 23.7. The first-order chi connectivity index (χ1) is 14.8. The summed E-state index contributed by atoms with van der Waals surface area (Å²) < 4.78 is 14.6. The summed E-state index contributed by atoms with van der Waals surface area (Å²) in [4.78, 5) is 22.7. The van der Waals surface area contributed by atoms with E-state index in [1.54, 1.807) is 12.1 Å². The number of anilines is 1. The van der Waals surface area contributed by atoms with Crippen LogP contribution in [-0.2, 0) is 5.54 Å². The lowest BCUT2D eigenvalue weighted by Crippen LogP contribution is -2.29. The van der Waals surface area contributed by atoms with Gasteiger partial charge in [0.15, 0.2) is 5.17 Å². The number of hydrogen-bond acceptors (Lipinski definition) is 7. The summed E-state index contributed by atoms with van der Waals surface area (Å²) in [6.07, 6.45) is 2.62. The summed E-state index contributed by atoms with van der Waals surface area (Å²) in [7, 11) is 1.93. The van der Waals surface area contributed by atoms with Gasteiger partial charge in [-0.3, -0.25) is 9.79 Å². The molecule has 1 aromatic heterocycles. The number of nitrogens with two attached hydrogens (primary N) is 1. The molecule has 4 N–H and O–H groups in total. The van der Waals surface area contributed by atoms with Crippen LogP contribution in [0.15, 0.2) is 23.2 Å². The van der Waals surface area contributed by atoms with E-state index in [0.717, 1.165) is 35.8 Å². The smallest absolute Gasteiger partial charge is 0.267 e. The van der Waals surface area contributed by atoms with Crippen LogP contribution in [0.25, 0.3) is 0 Å². The van der Waals surface area contributed by atoms with E-state index in [1.807, 2.05) is 20.9 Å². The lowest BCUT2D eigenvalue weighted by molar-refractivity contribution is 0.102. The number of rotatable bonds is 8. The van der Waals surface area contributed by atoms with E-state index in [-0.39, 0.29) is 11.7 Å². The Labute approximate surface area is 191 Å². The molecule has 1 aliphatic rings. The average Bonchev–Trinajstić information content (AvgIpc) is 3.11. The molecule has 168 valence electrons. The molecular formula is C22H30FN5OS2. The van der Waals surface area contributed by atoms with Crippen molar-refractivity contribution in [3.8, 4) is 0 Å². The fourth-order valence-corrected chi connectivity index (χ4v) is 5.86. The number of aliphatic imine (C=N–C) groups is 1. The number of nitrogens with zero attached hydrogens (tertiary/aromatic N) is 2. The lowest BCUT2D eigenvalue weighted by Gasteiger charge is -2.30. The van der Waals surface area contributed by atoms with E-state index in [9.17, 15) is 9.18 Å². The molecule has 0 radical (unpaired) electrons. The van der Waals surface area contributed by atoms with Crippen LogP contribution in [0.1, 0.15) is 65.0 Å². The zero-order valence-corrected chi connectivity index (χ0v) is 20.1. The molecule has 0 saturated heterocycles. The summed E-state index contributed by atoms with van der Waals surface area (Å²) in [6.45, 7) is 6.77. The van der Waals surface area contributed by atoms with Gasteiger partial charge in [-0.15, -0.1) is 11.3 Å². The van der Waals surface area contributed by atoms with Crippen molar-refractivity contribution in [3.05, 3.63) is 45.2 Å². The second kappa shape index (κ2) is 10.1. The second-order valence-electron chi connectivity index (χ2n) is 7.94. The number of amidine groups is 1. The van der Waals surface area contributed by atoms with Gasteiger partial charge >= 0.3 is 0 Å². The number of halogens is 1. The molecule has 0 bridgehead atoms. The van der Waals surface area contributed by atoms with Crippen LogP contribution in [0.3, 0.4) is 0 Å². The van der Waals surface area contributed by atoms with Gasteiger partial charge in [-0.25, -0.2) is 9.37 Å². The monoisotopic (exact) mass is 463 g/mol. The molecule has 0 saturated carbocycles. The number of hydrogen-bond donors (Lipinski definition) is 3. The van der Waals surface area contributed by atoms with Crippen LogP contribution in [0, 0.1) is 12.7 Å². The van der Waals surface area contributed by atoms with Gasteiger partial charge in [-0.1, -0.05) is 18.7 Å². The summed E-state index contributed by atoms with van der Waals surface area (Å²) in [5, 5.41) is 7.53. The highest BCUT2D eigenvalue weighted by Gasteiger charge is 2.32. The SMILES string of the molecule is CCC(CCNC)c1nc(C)c(C(=O)Nc2ccc(F)c(C3(C)CCSC(N)=N3)c2)s1. The molecule has 1 aliphatic heterocycles. The van der Waals surface area contributed by atoms with Gasteiger partial charge in [0.25, 0.3) is 5.91 Å². The Hall–Kier alpha value is -1.97. The highest BCUT2D eigenvalue weighted by molar-refractivity contribution is 8.13. The number of carbonyl (C=O) groups excluding carboxylic acids is 1. The molecule has 2 unspecified atom stereocenters. The number of benzene rings is 1. The van der Waals surface area contributed by atoms with Crippen LogP contribution in [0.5, 0.6) is 0 Å². The zero-order valence-electron chi connectivity index (χ0n) is 18.4. The second-order valence-corrected chi connectivity index (χ2v) is 10.1. The quantitative estimate of drug-likeness (QED) is 0.532. The summed E-state index contributed by atoms with van der Waals surface area (Å²) in [5.74, 6) is 0.518. The Balaban J connectivity index is 1.82. The van der Waals surface area contributed by atoms with E-state index < -0.39 is 5.54 Å². The van der Waals surface area contributed by atoms with Crippen molar-refractivity contribution in [2.24, 2.45) is 10.7 Å². The molecule has 31 heavy (non-hydrogen) atoms. The maximum Gasteiger partial charge on any atom is 0.267 e. The molecule has 3 rings (SSSR count). The summed E-state index contributed by atoms with van der Waals surface area (Å²) in [6, 6.07) is 4.61. The largest absolute Gasteiger partial charge is 0.379 e. The van der Waals surface area contributed by atoms with Gasteiger partial charge in [0, 0.05) is 22.9 Å². The lowest BCUT2D eigenvalue weighted by atomic mass is 9.89. The van der Waals surface area contributed by atoms with Crippen molar-refractivity contribution in [2.75, 3.05) is 24.7 Å². The van der Waals surface area contributed by atoms with Crippen molar-refractivity contribution in [3.63, 3.8) is 0 Å². The highest BCUT2D eigenvalue weighted by atomic mass is 32.2. The maximum absolute atomic E-state index is 14.6. The van der Waals surface area contributed by atoms with E-state index in [1.165, 1.54) is 29.2 Å². The van der Waals surface area contributed by atoms with E-state index >= 15 is 0 Å². The van der Waals surface area contributed by atoms with Gasteiger partial charge < -0.3 is 16.4 Å². The number of carbonyl (C=O) groups is 1. The van der Waals surface area contributed by atoms with Gasteiger partial charge in [-0.05, 0) is 64.9 Å². The van der Waals surface area contributed by atoms with Crippen LogP contribution in [0.2, 0.25) is 0 Å². The molecule has 0 fully saturated rings. The maximum atomic E-state index is 14.6. The molecular weight excluding hydrogens is 433 g/mol. The van der Waals surface area contributed by atoms with Crippen molar-refractivity contribution in [1.29, 1.82) is 0 Å². The van der Waals surface area contributed by atoms with Gasteiger partial charge in [0.2, 0.25) is 0 Å². The third kappa shape index (κ3) is 5.45. The van der Waals surface area contributed by atoms with Crippen LogP contribution >= 0.6 is 23.1 Å². The summed E-state index contributed by atoms with van der Waals surface area (Å²) >= 11 is 2.91. The standard InChI is InChI=1S/C22H30FN5OS2/c1-5-14(8-10-25-4)20-26-13(2)18(31-20)19(29)27-15-6-7-17(23)16(12-15)22(3)9-11-30-21(24)28-22/h6-7,12,14,25H,5,8-11H2,1-4H3,(H2,24,28)(H,27,29). The molecule has 6 nitrogen and oxygen atoms in total. The predicted molar refractivity (Wildman–Crippen MR) is 129 cm³/mol. The number of nitrogens with one attached hydrogen (secondary N) is 2. The van der Waals surface area contributed by atoms with Crippen molar-refractivity contribution in [1.82, 2.24) is 10.3 Å². The predicted octanol–water partition coefficient (Wildman–Crippen LogP) is 4.61. The number of amides is 1. The fraction of sp³-hybridized carbons (Fsp3) is 0.500. The Morgan fingerprint density at radius 1 is 1.42 bits per heavy atom. The first-order valence-electron chi connectivity index (χ1n) is 10.5. The number of thiazole rings is 1. The van der Waals surface area contributed by atoms with Crippen LogP contribution < -0.4 is 16.4 Å². The van der Waals surface area contributed by atoms with Crippen molar-refractivity contribution in [2.45, 2.75) is 51.5 Å². The number of thioether (sulfide) groups is 1. The minimum Gasteiger partial charge on any atom is -0.379 e. The Kier molecular flexibility index (Phi) is 7.72. The Morgan fingerprint density at radius 3 is 2.87 bits per heavy atom. The third-order valence-corrected chi connectivity index (χ3v) is 7.72. The van der Waals surface area contributed by atoms with Crippen molar-refractivity contribution < 1.29 is 9.18 Å². The van der Waals surface area contributed by atoms with Gasteiger partial charge in [0.1, 0.15) is 10.7 Å². The highest BCUT2D eigenvalue weighted by Crippen LogP contribution is 2.37. The summed E-state index contributed by atoms with van der Waals surface area (Å²) in [5.41, 5.74) is 6.84. The molecule has 2 atom stereocenters. The topological polar surface area (TPSA) is 92.4 Å². The first-order valence-corrected chi connectivity index (χ1v) is 12.3. The fourth-order valence-electron chi connectivity index (χ4n) is 3.71. The van der Waals surface area contributed by atoms with Crippen molar-refractivity contribution >= 4 is 39.9 Å². The van der Waals surface area contributed by atoms with E-state index in [4.69, 9.17) is 5.73 Å². The third-order valence-electron chi connectivity index (χ3n) is 5.60. The molecule has 1 aromatic carbocycles. The average molecular weight is 464 g/mol. The molecule has 0 aliphatic carbocycles. The van der Waals surface area contributed by atoms with Crippen LogP contribution in [0.4, 0.5) is 10.1 Å². The molecule has 9 heteroatoms. The van der Waals surface area contributed by atoms with E-state index in [0.29, 0.717) is 33.6 Å². The normalized spacial score (nSPS) is 19.7. The van der Waals surface area contributed by atoms with E-state index in [2.05, 4.69) is 27.5 Å². The minimum absolute atomic E-state index is 0.227. The molecule has 1 amide bonds.